The van der Waals surface area contributed by atoms with Gasteiger partial charge in [-0.1, -0.05) is 259 Å². The van der Waals surface area contributed by atoms with E-state index in [1.54, 1.807) is 24.3 Å². The van der Waals surface area contributed by atoms with Crippen LogP contribution < -0.4 is 19.5 Å². The number of methoxy groups -OCH3 is 4. The Morgan fingerprint density at radius 2 is 0.625 bits per heavy atom. The third kappa shape index (κ3) is 52.1. The van der Waals surface area contributed by atoms with E-state index in [1.807, 2.05) is 120 Å². The van der Waals surface area contributed by atoms with Crippen LogP contribution in [0.4, 0.5) is 0 Å². The van der Waals surface area contributed by atoms with Gasteiger partial charge in [-0.15, -0.1) is 0 Å². The second kappa shape index (κ2) is 74.5. The summed E-state index contributed by atoms with van der Waals surface area (Å²) in [6, 6.07) is 78.9. The molecule has 128 heavy (non-hydrogen) atoms. The van der Waals surface area contributed by atoms with Crippen LogP contribution in [0.15, 0.2) is 237 Å². The van der Waals surface area contributed by atoms with Gasteiger partial charge in [-0.05, 0) is 259 Å². The zero-order valence-corrected chi connectivity index (χ0v) is 80.2. The van der Waals surface area contributed by atoms with Crippen LogP contribution in [0, 0.1) is 0 Å². The molecule has 0 amide bonds. The maximum atomic E-state index is 11.8. The second-order valence-corrected chi connectivity index (χ2v) is 31.1. The fourth-order valence-electron chi connectivity index (χ4n) is 13.7. The largest absolute Gasteiger partial charge is 0.493 e. The predicted octanol–water partition coefficient (Wildman–Crippen LogP) is 24.7. The van der Waals surface area contributed by atoms with Crippen molar-refractivity contribution in [2.45, 2.75) is 235 Å². The number of aryl methyl sites for hydroxylation is 3. The summed E-state index contributed by atoms with van der Waals surface area (Å²) in [4.78, 5) is 72.1. The molecule has 0 unspecified atom stereocenters. The maximum absolute atomic E-state index is 11.8. The van der Waals surface area contributed by atoms with E-state index < -0.39 is 11.9 Å². The van der Waals surface area contributed by atoms with Crippen molar-refractivity contribution in [3.05, 3.63) is 303 Å². The molecule has 0 heterocycles. The SMILES string of the molecule is CC.CC.CC.COC(=O)CCCCCBr.COC(=O)CCCCCN(CCc1ccccc1OCCCCCc1ccccc1)Cc1ccc(C(=O)OC)cc1.COC(=O)c1ccc(CNCCc2ccccc2OCCCCCc2ccccc2)cc1.O=C(O)CCCCCN(CCc1ccccc1OCCCCCc1ccccc1)Cc1ccc(C(=O)O)cc1. The van der Waals surface area contributed by atoms with E-state index >= 15 is 0 Å². The first kappa shape index (κ1) is 112. The Bertz CT molecular complexity index is 4310. The van der Waals surface area contributed by atoms with Gasteiger partial charge in [-0.3, -0.25) is 24.2 Å². The number of unbranched alkanes of at least 4 members (excludes halogenated alkanes) is 12. The highest BCUT2D eigenvalue weighted by atomic mass is 79.9. The molecule has 0 atom stereocenters. The number of aliphatic carboxylic acids is 1. The Kier molecular flexibility index (Phi) is 65.0. The minimum atomic E-state index is -0.926. The maximum Gasteiger partial charge on any atom is 0.337 e. The van der Waals surface area contributed by atoms with Crippen molar-refractivity contribution in [1.29, 1.82) is 0 Å². The molecule has 9 rings (SSSR count). The number of carboxylic acids is 2. The van der Waals surface area contributed by atoms with E-state index in [1.165, 1.54) is 81.1 Å². The molecule has 0 aliphatic carbocycles. The van der Waals surface area contributed by atoms with Crippen molar-refractivity contribution >= 4 is 51.7 Å². The fraction of sp³-hybridized carbons (Fsp3) is 0.450. The highest BCUT2D eigenvalue weighted by molar-refractivity contribution is 9.09. The van der Waals surface area contributed by atoms with Gasteiger partial charge in [0, 0.05) is 57.3 Å². The van der Waals surface area contributed by atoms with Gasteiger partial charge in [-0.2, -0.15) is 0 Å². The number of hydrogen-bond donors (Lipinski definition) is 3. The van der Waals surface area contributed by atoms with E-state index in [4.69, 9.17) is 33.5 Å². The van der Waals surface area contributed by atoms with Gasteiger partial charge in [0.25, 0.3) is 0 Å². The number of halogens is 1. The molecule has 0 radical (unpaired) electrons. The molecule has 9 aromatic carbocycles. The quantitative estimate of drug-likeness (QED) is 0.0139. The Hall–Kier alpha value is -10.4. The van der Waals surface area contributed by atoms with Gasteiger partial charge < -0.3 is 48.7 Å². The molecule has 0 spiro atoms. The summed E-state index contributed by atoms with van der Waals surface area (Å²) in [6.45, 7) is 20.8. The Balaban J connectivity index is 0.000000458. The summed E-state index contributed by atoms with van der Waals surface area (Å²) in [5.41, 5.74) is 12.6. The van der Waals surface area contributed by atoms with Crippen LogP contribution in [0.3, 0.4) is 0 Å². The van der Waals surface area contributed by atoms with Gasteiger partial charge >= 0.3 is 35.8 Å². The van der Waals surface area contributed by atoms with Crippen molar-refractivity contribution < 1.29 is 72.1 Å². The lowest BCUT2D eigenvalue weighted by Crippen LogP contribution is -2.27. The molecule has 18 nitrogen and oxygen atoms in total. The number of carbonyl (C=O) groups excluding carboxylic acids is 4. The van der Waals surface area contributed by atoms with Crippen molar-refractivity contribution in [3.8, 4) is 17.2 Å². The number of para-hydroxylation sites is 3. The molecule has 0 aliphatic rings. The molecule has 0 saturated carbocycles. The number of nitrogens with one attached hydrogen (secondary N) is 1. The van der Waals surface area contributed by atoms with E-state index in [0.29, 0.717) is 43.5 Å². The molecule has 698 valence electrons. The number of benzene rings is 9. The molecular formula is C109H150BrN3O15. The third-order valence-electron chi connectivity index (χ3n) is 20.8. The van der Waals surface area contributed by atoms with Crippen LogP contribution in [0.25, 0.3) is 0 Å². The van der Waals surface area contributed by atoms with E-state index in [2.05, 4.69) is 169 Å². The standard InChI is InChI=1S/C35H45NO5.C33H41NO5.C28H33NO3.C7H13BrO2.3C2H6/c1-39-34(37)19-9-4-12-25-36(28-30-20-22-32(23-21-30)35(38)40-2)26-24-31-17-10-11-18-33(31)41-27-13-5-8-16-29-14-6-3-7-15-29;35-32(36)17-7-2-10-23-34(26-28-18-20-30(21-19-28)33(37)38)24-22-29-15-8-9-16-31(29)39-25-11-3-6-14-27-12-4-1-5-13-27;1-31-28(30)26-17-15-24(16-18-26)22-29-20-19-25-13-7-8-14-27(25)32-21-9-3-6-12-23-10-4-2-5-11-23;1-10-7(9)5-3-2-4-6-8;3*1-2/h3,6-7,10-11,14-15,17-18,20-23H,4-5,8-9,12-13,16,19,24-28H2,1-2H3;1,4-5,8-9,12-13,15-16,18-21H,2-3,6-7,10-11,14,17,22-26H2,(H,35,36)(H,37,38);2,4-5,7-8,10-11,13-18,29H,3,6,9,12,19-22H2,1H3;2-6H2,1H3;3*1-2H3. The van der Waals surface area contributed by atoms with Crippen molar-refractivity contribution in [2.75, 3.05) is 86.3 Å². The fourth-order valence-corrected chi connectivity index (χ4v) is 14.1. The summed E-state index contributed by atoms with van der Waals surface area (Å²) in [5.74, 6) is 0.324. The number of rotatable bonds is 56. The first-order chi connectivity index (χ1) is 62.7. The lowest BCUT2D eigenvalue weighted by atomic mass is 10.1. The zero-order valence-electron chi connectivity index (χ0n) is 78.6. The first-order valence-corrected chi connectivity index (χ1v) is 47.8. The highest BCUT2D eigenvalue weighted by Gasteiger charge is 2.16. The monoisotopic (exact) mass is 1820 g/mol. The van der Waals surface area contributed by atoms with E-state index in [9.17, 15) is 33.9 Å². The average Bonchev–Trinajstić information content (AvgIpc) is 0.825. The minimum absolute atomic E-state index is 0.102. The molecule has 9 aromatic rings. The van der Waals surface area contributed by atoms with Crippen LogP contribution in [-0.2, 0) is 91.5 Å². The van der Waals surface area contributed by atoms with Crippen molar-refractivity contribution in [3.63, 3.8) is 0 Å². The average molecular weight is 1820 g/mol. The lowest BCUT2D eigenvalue weighted by Gasteiger charge is -2.23. The van der Waals surface area contributed by atoms with Crippen molar-refractivity contribution in [1.82, 2.24) is 15.1 Å². The number of carbonyl (C=O) groups is 6. The minimum Gasteiger partial charge on any atom is -0.493 e. The van der Waals surface area contributed by atoms with Crippen LogP contribution in [0.1, 0.15) is 258 Å². The molecule has 0 aromatic heterocycles. The van der Waals surface area contributed by atoms with Crippen LogP contribution in [0.2, 0.25) is 0 Å². The summed E-state index contributed by atoms with van der Waals surface area (Å²) in [7, 11) is 5.65. The van der Waals surface area contributed by atoms with Crippen LogP contribution in [0.5, 0.6) is 17.2 Å². The number of aromatic carboxylic acids is 1. The normalized spacial score (nSPS) is 10.4. The Morgan fingerprint density at radius 1 is 0.305 bits per heavy atom. The first-order valence-electron chi connectivity index (χ1n) is 46.6. The number of alkyl halides is 1. The van der Waals surface area contributed by atoms with E-state index in [-0.39, 0.29) is 35.9 Å². The smallest absolute Gasteiger partial charge is 0.337 e. The van der Waals surface area contributed by atoms with Gasteiger partial charge in [0.1, 0.15) is 17.2 Å². The van der Waals surface area contributed by atoms with E-state index in [0.717, 1.165) is 227 Å². The molecule has 0 bridgehead atoms. The summed E-state index contributed by atoms with van der Waals surface area (Å²) in [6.07, 6.45) is 25.7. The zero-order chi connectivity index (χ0) is 93.1. The van der Waals surface area contributed by atoms with Crippen LogP contribution >= 0.6 is 15.9 Å². The molecule has 19 heteroatoms. The molecule has 3 N–H and O–H groups in total. The number of ether oxygens (including phenoxy) is 7. The van der Waals surface area contributed by atoms with Gasteiger partial charge in [0.2, 0.25) is 0 Å². The number of nitrogens with zero attached hydrogens (tertiary/aromatic N) is 2. The third-order valence-corrected chi connectivity index (χ3v) is 21.4. The highest BCUT2D eigenvalue weighted by Crippen LogP contribution is 2.25. The predicted molar refractivity (Wildman–Crippen MR) is 525 cm³/mol. The molecule has 0 saturated heterocycles. The second-order valence-electron chi connectivity index (χ2n) is 30.3. The molecular weight excluding hydrogens is 1670 g/mol. The number of carboxylic acid groups (broad SMARTS) is 2. The topological polar surface area (TPSA) is 226 Å². The number of hydrogen-bond acceptors (Lipinski definition) is 16. The van der Waals surface area contributed by atoms with Crippen LogP contribution in [-0.4, -0.2) is 142 Å². The number of esters is 4. The summed E-state index contributed by atoms with van der Waals surface area (Å²) < 4.78 is 37.3. The van der Waals surface area contributed by atoms with Crippen molar-refractivity contribution in [2.24, 2.45) is 0 Å². The summed E-state index contributed by atoms with van der Waals surface area (Å²) >= 11 is 3.32. The summed E-state index contributed by atoms with van der Waals surface area (Å²) in [5, 5.41) is 22.6. The Morgan fingerprint density at radius 3 is 0.969 bits per heavy atom. The van der Waals surface area contributed by atoms with Gasteiger partial charge in [0.05, 0.1) is 65.0 Å². The van der Waals surface area contributed by atoms with Gasteiger partial charge in [0.15, 0.2) is 0 Å². The molecule has 0 aliphatic heterocycles. The Labute approximate surface area is 775 Å². The lowest BCUT2D eigenvalue weighted by molar-refractivity contribution is -0.141. The molecule has 0 fully saturated rings. The van der Waals surface area contributed by atoms with Gasteiger partial charge in [-0.25, -0.2) is 14.4 Å².